The van der Waals surface area contributed by atoms with Crippen LogP contribution in [0.4, 0.5) is 0 Å². The predicted octanol–water partition coefficient (Wildman–Crippen LogP) is 14.9. The van der Waals surface area contributed by atoms with Crippen LogP contribution in [0.5, 0.6) is 17.2 Å². The van der Waals surface area contributed by atoms with E-state index in [1.807, 2.05) is 88.4 Å². The number of benzene rings is 6. The number of phenols is 1. The van der Waals surface area contributed by atoms with Crippen molar-refractivity contribution in [2.45, 2.75) is 115 Å². The van der Waals surface area contributed by atoms with Crippen molar-refractivity contribution in [1.82, 2.24) is 5.32 Å². The first kappa shape index (κ1) is 82.4. The Hall–Kier alpha value is -5.83. The van der Waals surface area contributed by atoms with Crippen molar-refractivity contribution >= 4 is 104 Å². The molecule has 0 radical (unpaired) electrons. The number of aliphatic imine (C=N–C) groups is 1. The monoisotopic (exact) mass is 1440 g/mol. The second kappa shape index (κ2) is 42.0. The topological polar surface area (TPSA) is 280 Å². The van der Waals surface area contributed by atoms with Gasteiger partial charge in [-0.25, -0.2) is 0 Å². The molecule has 0 saturated heterocycles. The summed E-state index contributed by atoms with van der Waals surface area (Å²) in [5.41, 5.74) is 8.66. The number of carbonyl (C=O) groups is 3. The number of aliphatic hydroxyl groups excluding tert-OH is 1. The van der Waals surface area contributed by atoms with Gasteiger partial charge in [-0.1, -0.05) is 148 Å². The van der Waals surface area contributed by atoms with E-state index in [2.05, 4.69) is 10.3 Å². The van der Waals surface area contributed by atoms with E-state index in [9.17, 15) is 33.0 Å². The molecular formula is C67H83Cl6N3O17S. The average molecular weight is 1450 g/mol. The molecule has 516 valence electrons. The summed E-state index contributed by atoms with van der Waals surface area (Å²) in [7, 11) is -0.853. The van der Waals surface area contributed by atoms with Crippen LogP contribution in [0.2, 0.25) is 30.1 Å². The number of nitrogens with one attached hydrogen (secondary N) is 1. The molecule has 6 aromatic rings. The number of halogens is 6. The number of ether oxygens (including phenoxy) is 9. The van der Waals surface area contributed by atoms with E-state index in [4.69, 9.17) is 123 Å². The Labute approximate surface area is 580 Å². The van der Waals surface area contributed by atoms with E-state index in [1.54, 1.807) is 84.5 Å². The third-order valence-electron chi connectivity index (χ3n) is 12.3. The number of rotatable bonds is 29. The summed E-state index contributed by atoms with van der Waals surface area (Å²) in [5, 5.41) is 25.0. The lowest BCUT2D eigenvalue weighted by Gasteiger charge is -2.28. The Bertz CT molecular complexity index is 3430. The summed E-state index contributed by atoms with van der Waals surface area (Å²) in [4.78, 5) is 41.3. The van der Waals surface area contributed by atoms with Gasteiger partial charge in [-0.05, 0) is 115 Å². The maximum absolute atomic E-state index is 12.8. The highest BCUT2D eigenvalue weighted by Gasteiger charge is 2.29. The van der Waals surface area contributed by atoms with E-state index in [0.29, 0.717) is 74.7 Å². The second-order valence-corrected chi connectivity index (χ2v) is 26.3. The zero-order chi connectivity index (χ0) is 70.2. The van der Waals surface area contributed by atoms with Gasteiger partial charge in [0.2, 0.25) is 0 Å². The summed E-state index contributed by atoms with van der Waals surface area (Å²) >= 11 is 37.0. The van der Waals surface area contributed by atoms with E-state index in [0.717, 1.165) is 16.7 Å². The lowest BCUT2D eigenvalue weighted by molar-refractivity contribution is -0.156. The van der Waals surface area contributed by atoms with Crippen molar-refractivity contribution in [3.05, 3.63) is 185 Å². The number of aliphatic hydroxyl groups is 1. The standard InChI is InChI=1S/C25H33Cl2NO6.C24H29Cl2NO5.C11H13Cl2NO3.C7H8O3S/c1-25(2,3)34-23(30)14-21(28-22(15-29)17-8-6-5-7-9-17)19-12-18(26)13-20(27)24(19)33-16-32-11-10-31-4;1-24(2,3)32-22(28)14-21(27-15-17-8-6-5-7-9-17)19-12-18(25)13-20(26)23(19)31-16-30-11-10-29-4;1-2-17-10(15)5-9(14)7-3-6(12)4-8(13)11(7)16;1-6-2-4-7(5-3-6)11(8,9)10/h5-9,12-13,21-22,28-29H,10-11,14-16H2,1-4H3;5-9,12-13,15,21H,10-11,14,16H2,1-4H3;3-4,9,16H,2,5,14H2,1H3;2-5H,1H3,(H,8,9,10)/t21-,22+;21-;9-;/m000./s1. The Morgan fingerprint density at radius 3 is 1.56 bits per heavy atom. The van der Waals surface area contributed by atoms with Gasteiger partial charge in [-0.2, -0.15) is 8.42 Å². The summed E-state index contributed by atoms with van der Waals surface area (Å²) in [6.07, 6.45) is 1.59. The molecule has 0 amide bonds. The van der Waals surface area contributed by atoms with Crippen LogP contribution >= 0.6 is 69.6 Å². The van der Waals surface area contributed by atoms with Gasteiger partial charge >= 0.3 is 17.9 Å². The average Bonchev–Trinajstić information content (AvgIpc) is 0.838. The molecule has 0 aliphatic heterocycles. The first-order valence-electron chi connectivity index (χ1n) is 29.2. The fourth-order valence-electron chi connectivity index (χ4n) is 8.15. The minimum Gasteiger partial charge on any atom is -0.506 e. The maximum Gasteiger partial charge on any atom is 0.308 e. The molecule has 0 heterocycles. The maximum atomic E-state index is 12.8. The highest BCUT2D eigenvalue weighted by atomic mass is 35.5. The van der Waals surface area contributed by atoms with Gasteiger partial charge in [0, 0.05) is 64.3 Å². The van der Waals surface area contributed by atoms with Gasteiger partial charge in [0.05, 0.1) is 91.0 Å². The summed E-state index contributed by atoms with van der Waals surface area (Å²) in [5.74, 6) is -0.732. The largest absolute Gasteiger partial charge is 0.506 e. The molecule has 94 heavy (non-hydrogen) atoms. The SMILES string of the molecule is CCOC(=O)C[C@H](N)c1cc(Cl)cc(Cl)c1O.COCCOCOc1c(Cl)cc(Cl)cc1[C@H](CC(=O)OC(C)(C)C)N=Cc1ccccc1.COCCOCOc1c(Cl)cc(Cl)cc1[C@H](CC(=O)OC(C)(C)C)N[C@H](CO)c1ccccc1.Cc1ccc(S(=O)(=O)O)cc1. The van der Waals surface area contributed by atoms with Crippen molar-refractivity contribution < 1.29 is 80.2 Å². The second-order valence-electron chi connectivity index (χ2n) is 22.3. The van der Waals surface area contributed by atoms with E-state index < -0.39 is 63.4 Å². The number of carbonyl (C=O) groups excluding carboxylic acids is 3. The van der Waals surface area contributed by atoms with E-state index in [1.165, 1.54) is 24.3 Å². The third kappa shape index (κ3) is 31.8. The summed E-state index contributed by atoms with van der Waals surface area (Å²) < 4.78 is 77.8. The fourth-order valence-corrected chi connectivity index (χ4v) is 10.3. The van der Waals surface area contributed by atoms with Gasteiger partial charge < -0.3 is 63.9 Å². The van der Waals surface area contributed by atoms with Gasteiger partial charge in [-0.3, -0.25) is 23.9 Å². The van der Waals surface area contributed by atoms with Crippen LogP contribution in [0, 0.1) is 6.92 Å². The molecular weight excluding hydrogens is 1360 g/mol. The Morgan fingerprint density at radius 2 is 1.09 bits per heavy atom. The van der Waals surface area contributed by atoms with Crippen molar-refractivity contribution in [1.29, 1.82) is 0 Å². The summed E-state index contributed by atoms with van der Waals surface area (Å²) in [6.45, 7) is 15.9. The van der Waals surface area contributed by atoms with Crippen LogP contribution in [0.1, 0.15) is 125 Å². The number of nitrogens with two attached hydrogens (primary N) is 1. The van der Waals surface area contributed by atoms with Crippen LogP contribution in [-0.4, -0.2) is 126 Å². The number of aromatic hydroxyl groups is 1. The number of phenolic OH excluding ortho intramolecular Hbond substituents is 1. The van der Waals surface area contributed by atoms with Crippen LogP contribution in [0.3, 0.4) is 0 Å². The van der Waals surface area contributed by atoms with Crippen LogP contribution in [0.15, 0.2) is 131 Å². The van der Waals surface area contributed by atoms with Gasteiger partial charge in [0.25, 0.3) is 10.1 Å². The Balaban J connectivity index is 0.000000353. The highest BCUT2D eigenvalue weighted by Crippen LogP contribution is 2.41. The smallest absolute Gasteiger partial charge is 0.308 e. The molecule has 20 nitrogen and oxygen atoms in total. The lowest BCUT2D eigenvalue weighted by Crippen LogP contribution is -2.33. The molecule has 0 spiro atoms. The molecule has 0 aromatic heterocycles. The molecule has 0 aliphatic carbocycles. The quantitative estimate of drug-likeness (QED) is 0.00728. The predicted molar refractivity (Wildman–Crippen MR) is 367 cm³/mol. The van der Waals surface area contributed by atoms with Gasteiger partial charge in [-0.15, -0.1) is 0 Å². The van der Waals surface area contributed by atoms with Crippen molar-refractivity contribution in [2.24, 2.45) is 10.7 Å². The van der Waals surface area contributed by atoms with Crippen LogP contribution < -0.4 is 20.5 Å². The Morgan fingerprint density at radius 1 is 0.617 bits per heavy atom. The first-order chi connectivity index (χ1) is 44.3. The number of methoxy groups -OCH3 is 2. The van der Waals surface area contributed by atoms with Crippen molar-refractivity contribution in [3.8, 4) is 17.2 Å². The molecule has 4 atom stereocenters. The molecule has 0 unspecified atom stereocenters. The first-order valence-corrected chi connectivity index (χ1v) is 32.9. The van der Waals surface area contributed by atoms with Crippen molar-refractivity contribution in [2.75, 3.05) is 67.4 Å². The number of aryl methyl sites for hydroxylation is 1. The molecule has 6 aromatic carbocycles. The molecule has 27 heteroatoms. The molecule has 0 saturated carbocycles. The lowest BCUT2D eigenvalue weighted by atomic mass is 9.99. The minimum absolute atomic E-state index is 0.0157. The molecule has 6 N–H and O–H groups in total. The summed E-state index contributed by atoms with van der Waals surface area (Å²) in [6, 6.07) is 32.0. The molecule has 0 bridgehead atoms. The van der Waals surface area contributed by atoms with E-state index >= 15 is 0 Å². The van der Waals surface area contributed by atoms with Crippen LogP contribution in [0.25, 0.3) is 0 Å². The number of nitrogens with zero attached hydrogens (tertiary/aromatic N) is 1. The number of esters is 3. The highest BCUT2D eigenvalue weighted by molar-refractivity contribution is 7.85. The Kier molecular flexibility index (Phi) is 36.8. The fraction of sp³-hybridized carbons (Fsp3) is 0.403. The molecule has 6 rings (SSSR count). The number of hydrogen-bond acceptors (Lipinski definition) is 19. The normalized spacial score (nSPS) is 12.7. The van der Waals surface area contributed by atoms with Crippen molar-refractivity contribution in [3.63, 3.8) is 0 Å². The zero-order valence-corrected chi connectivity index (χ0v) is 59.3. The number of hydrogen-bond donors (Lipinski definition) is 5. The minimum atomic E-state index is -4.02. The third-order valence-corrected chi connectivity index (χ3v) is 14.6. The van der Waals surface area contributed by atoms with Crippen LogP contribution in [-0.2, 0) is 57.7 Å². The van der Waals surface area contributed by atoms with Gasteiger partial charge in [0.1, 0.15) is 28.5 Å². The van der Waals surface area contributed by atoms with Gasteiger partial charge in [0.15, 0.2) is 13.6 Å². The molecule has 0 aliphatic rings. The zero-order valence-electron chi connectivity index (χ0n) is 54.0. The van der Waals surface area contributed by atoms with E-state index in [-0.39, 0.29) is 66.8 Å². The molecule has 0 fully saturated rings.